The topological polar surface area (TPSA) is 20.2 Å². The summed E-state index contributed by atoms with van der Waals surface area (Å²) in [6, 6.07) is 0. The number of aliphatic hydroxyl groups excluding tert-OH is 1. The van der Waals surface area contributed by atoms with Crippen LogP contribution in [0.25, 0.3) is 0 Å². The van der Waals surface area contributed by atoms with Gasteiger partial charge in [-0.1, -0.05) is 6.92 Å². The highest BCUT2D eigenvalue weighted by molar-refractivity contribution is 4.10. The molecule has 0 saturated heterocycles. The lowest BCUT2D eigenvalue weighted by Gasteiger charge is -1.69. The number of rotatable bonds is 1. The molecule has 0 aromatic carbocycles. The fourth-order valence-electron chi connectivity index (χ4n) is 0. The van der Waals surface area contributed by atoms with E-state index in [0.29, 0.717) is 0 Å². The Labute approximate surface area is 29.1 Å². The zero-order chi connectivity index (χ0) is 5.21. The molecule has 26 valence electrons. The highest BCUT2D eigenvalue weighted by Gasteiger charge is 1.57. The molecule has 0 spiro atoms. The van der Waals surface area contributed by atoms with Crippen molar-refractivity contribution in [3.05, 3.63) is 0 Å². The molecule has 4 heavy (non-hydrogen) atoms. The summed E-state index contributed by atoms with van der Waals surface area (Å²) >= 11 is 0. The van der Waals surface area contributed by atoms with E-state index in [2.05, 4.69) is 0 Å². The van der Waals surface area contributed by atoms with Gasteiger partial charge in [-0.15, -0.1) is 0 Å². The molecule has 0 atom stereocenters. The molecule has 1 heteroatoms. The van der Waals surface area contributed by atoms with Crippen molar-refractivity contribution < 1.29 is 7.85 Å². The maximum atomic E-state index is 8.03. The minimum Gasteiger partial charge on any atom is -0.396 e. The molecule has 1 nitrogen and oxygen atoms in total. The fraction of sp³-hybridized carbons (Fsp3) is 1.00. The van der Waals surface area contributed by atoms with Crippen LogP contribution in [-0.2, 0) is 0 Å². The van der Waals surface area contributed by atoms with Gasteiger partial charge in [-0.25, -0.2) is 0 Å². The highest BCUT2D eigenvalue weighted by Crippen LogP contribution is 1.61. The molecule has 0 radical (unpaired) electrons. The first-order valence-electron chi connectivity index (χ1n) is 2.17. The summed E-state index contributed by atoms with van der Waals surface area (Å²) in [5, 5.41) is 8.03. The van der Waals surface area contributed by atoms with Crippen molar-refractivity contribution in [2.24, 2.45) is 0 Å². The summed E-state index contributed by atoms with van der Waals surface area (Å²) in [4.78, 5) is 0. The summed E-state index contributed by atoms with van der Waals surface area (Å²) < 4.78 is 13.2. The number of aliphatic hydroxyl groups is 1. The van der Waals surface area contributed by atoms with E-state index in [1.807, 2.05) is 0 Å². The van der Waals surface area contributed by atoms with E-state index in [4.69, 9.17) is 7.85 Å². The first-order chi connectivity index (χ1) is 2.56. The van der Waals surface area contributed by atoms with Gasteiger partial charge in [0.15, 0.2) is 0 Å². The first-order valence-corrected chi connectivity index (χ1v) is 1.17. The second-order valence-electron chi connectivity index (χ2n) is 0.512. The van der Waals surface area contributed by atoms with Crippen LogP contribution in [0.4, 0.5) is 0 Å². The van der Waals surface area contributed by atoms with E-state index in [-0.39, 0.29) is 0 Å². The van der Waals surface area contributed by atoms with Crippen molar-refractivity contribution in [2.45, 2.75) is 13.3 Å². The standard InChI is InChI=1S/C3H8O/c1-2-3-4/h4H,2-3H2,1H3/i2D2. The van der Waals surface area contributed by atoms with Crippen molar-refractivity contribution in [1.29, 1.82) is 0 Å². The lowest BCUT2D eigenvalue weighted by Crippen LogP contribution is -1.69. The van der Waals surface area contributed by atoms with Crippen molar-refractivity contribution in [1.82, 2.24) is 0 Å². The minimum absolute atomic E-state index is 0.396. The third-order valence-electron chi connectivity index (χ3n) is 0.158. The lowest BCUT2D eigenvalue weighted by molar-refractivity contribution is 0.295. The van der Waals surface area contributed by atoms with Crippen LogP contribution in [0.2, 0.25) is 0 Å². The molecule has 0 aromatic rings. The van der Waals surface area contributed by atoms with Gasteiger partial charge in [0.1, 0.15) is 0 Å². The van der Waals surface area contributed by atoms with Crippen molar-refractivity contribution >= 4 is 0 Å². The minimum atomic E-state index is -1.40. The molecule has 0 aliphatic carbocycles. The third kappa shape index (κ3) is 1.96. The van der Waals surface area contributed by atoms with Crippen molar-refractivity contribution in [3.63, 3.8) is 0 Å². The van der Waals surface area contributed by atoms with E-state index in [1.165, 1.54) is 6.92 Å². The van der Waals surface area contributed by atoms with Gasteiger partial charge in [0.25, 0.3) is 0 Å². The van der Waals surface area contributed by atoms with Crippen LogP contribution in [0, 0.1) is 0 Å². The Morgan fingerprint density at radius 2 is 2.50 bits per heavy atom. The Hall–Kier alpha value is -0.0400. The average molecular weight is 62.1 g/mol. The summed E-state index contributed by atoms with van der Waals surface area (Å²) in [5.41, 5.74) is 0. The van der Waals surface area contributed by atoms with Crippen LogP contribution in [0.1, 0.15) is 16.0 Å². The second kappa shape index (κ2) is 2.96. The van der Waals surface area contributed by atoms with Gasteiger partial charge in [-0.05, 0) is 6.37 Å². The molecule has 0 unspecified atom stereocenters. The fourth-order valence-corrected chi connectivity index (χ4v) is 0. The molecular weight excluding hydrogens is 52.0 g/mol. The predicted molar refractivity (Wildman–Crippen MR) is 17.4 cm³/mol. The predicted octanol–water partition coefficient (Wildman–Crippen LogP) is 0.389. The molecule has 0 amide bonds. The molecule has 0 saturated carbocycles. The largest absolute Gasteiger partial charge is 0.396 e. The van der Waals surface area contributed by atoms with Gasteiger partial charge in [-0.3, -0.25) is 0 Å². The summed E-state index contributed by atoms with van der Waals surface area (Å²) in [7, 11) is 0. The highest BCUT2D eigenvalue weighted by atomic mass is 16.2. The Morgan fingerprint density at radius 1 is 2.25 bits per heavy atom. The second-order valence-corrected chi connectivity index (χ2v) is 0.512. The van der Waals surface area contributed by atoms with Gasteiger partial charge >= 0.3 is 0 Å². The summed E-state index contributed by atoms with van der Waals surface area (Å²) in [6.07, 6.45) is -1.40. The Kier molecular flexibility index (Phi) is 1.04. The SMILES string of the molecule is [2H]C([2H])(C)CO. The van der Waals surface area contributed by atoms with Gasteiger partial charge in [0.05, 0.1) is 0 Å². The smallest absolute Gasteiger partial charge is 0.0428 e. The molecule has 0 bridgehead atoms. The van der Waals surface area contributed by atoms with Gasteiger partial charge in [0, 0.05) is 9.35 Å². The van der Waals surface area contributed by atoms with Crippen LogP contribution in [0.3, 0.4) is 0 Å². The van der Waals surface area contributed by atoms with Crippen LogP contribution in [0.15, 0.2) is 0 Å². The monoisotopic (exact) mass is 62.1 g/mol. The van der Waals surface area contributed by atoms with Crippen molar-refractivity contribution in [3.8, 4) is 0 Å². The Balaban J connectivity index is 3.17. The molecule has 0 aliphatic rings. The van der Waals surface area contributed by atoms with E-state index in [0.717, 1.165) is 0 Å². The molecular formula is C3H8O. The van der Waals surface area contributed by atoms with E-state index in [1.54, 1.807) is 0 Å². The van der Waals surface area contributed by atoms with E-state index < -0.39 is 13.0 Å². The Morgan fingerprint density at radius 3 is 2.50 bits per heavy atom. The number of hydrogen-bond acceptors (Lipinski definition) is 1. The van der Waals surface area contributed by atoms with Crippen LogP contribution in [-0.4, -0.2) is 11.7 Å². The molecule has 0 heterocycles. The van der Waals surface area contributed by atoms with Gasteiger partial charge in [-0.2, -0.15) is 0 Å². The van der Waals surface area contributed by atoms with E-state index in [9.17, 15) is 0 Å². The van der Waals surface area contributed by atoms with Gasteiger partial charge < -0.3 is 5.11 Å². The molecule has 1 N–H and O–H groups in total. The number of hydrogen-bond donors (Lipinski definition) is 1. The van der Waals surface area contributed by atoms with Crippen LogP contribution < -0.4 is 0 Å². The quantitative estimate of drug-likeness (QED) is 0.466. The maximum absolute atomic E-state index is 8.03. The summed E-state index contributed by atoms with van der Waals surface area (Å²) in [5.74, 6) is 0. The maximum Gasteiger partial charge on any atom is 0.0428 e. The molecule has 0 fully saturated rings. The zero-order valence-electron chi connectivity index (χ0n) is 4.65. The van der Waals surface area contributed by atoms with Gasteiger partial charge in [0.2, 0.25) is 0 Å². The Bertz CT molecular complexity index is 38.5. The molecule has 0 rings (SSSR count). The van der Waals surface area contributed by atoms with Crippen LogP contribution >= 0.6 is 0 Å². The van der Waals surface area contributed by atoms with E-state index >= 15 is 0 Å². The first kappa shape index (κ1) is 1.41. The average Bonchev–Trinajstić information content (AvgIpc) is 1.35. The lowest BCUT2D eigenvalue weighted by atomic mass is 10.5. The molecule has 0 aliphatic heterocycles. The zero-order valence-corrected chi connectivity index (χ0v) is 2.65. The summed E-state index contributed by atoms with van der Waals surface area (Å²) in [6.45, 7) is 0.931. The normalized spacial score (nSPS) is 18.5. The third-order valence-corrected chi connectivity index (χ3v) is 0.158. The molecule has 0 aromatic heterocycles. The van der Waals surface area contributed by atoms with Crippen LogP contribution in [0.5, 0.6) is 0 Å². The van der Waals surface area contributed by atoms with Crippen molar-refractivity contribution in [2.75, 3.05) is 6.61 Å².